The molecule has 0 fully saturated rings. The summed E-state index contributed by atoms with van der Waals surface area (Å²) in [5, 5.41) is 39.2. The van der Waals surface area contributed by atoms with Crippen molar-refractivity contribution in [3.05, 3.63) is 0 Å². The molecule has 0 saturated carbocycles. The Kier molecular flexibility index (Phi) is 15.9. The first-order chi connectivity index (χ1) is 9.07. The molecule has 0 aliphatic rings. The number of aliphatic carboxylic acids is 4. The zero-order valence-electron chi connectivity index (χ0n) is 10.9. The molecule has 0 aromatic carbocycles. The Labute approximate surface area is 137 Å². The average molecular weight is 409 g/mol. The van der Waals surface area contributed by atoms with E-state index in [2.05, 4.69) is 0 Å². The second kappa shape index (κ2) is 13.6. The van der Waals surface area contributed by atoms with Crippen molar-refractivity contribution in [1.29, 1.82) is 0 Å². The van der Waals surface area contributed by atoms with Crippen LogP contribution in [-0.4, -0.2) is 59.9 Å². The van der Waals surface area contributed by atoms with E-state index in [1.807, 2.05) is 0 Å². The van der Waals surface area contributed by atoms with Crippen molar-refractivity contribution in [3.63, 3.8) is 0 Å². The van der Waals surface area contributed by atoms with E-state index in [-0.39, 0.29) is 49.6 Å². The minimum atomic E-state index is -1.44. The van der Waals surface area contributed by atoms with Gasteiger partial charge in [-0.3, -0.25) is 0 Å². The number of nitrogens with two attached hydrogens (primary N) is 2. The smallest absolute Gasteiger partial charge is 0.550 e. The molecule has 0 saturated heterocycles. The molecule has 0 radical (unpaired) electrons. The van der Waals surface area contributed by atoms with Gasteiger partial charge in [0.05, 0.1) is 11.9 Å². The molecule has 21 heavy (non-hydrogen) atoms. The van der Waals surface area contributed by atoms with Crippen LogP contribution in [0.5, 0.6) is 0 Å². The Morgan fingerprint density at radius 3 is 1.10 bits per heavy atom. The molecular weight excluding hydrogens is 395 g/mol. The van der Waals surface area contributed by atoms with Gasteiger partial charge in [0.1, 0.15) is 0 Å². The van der Waals surface area contributed by atoms with Gasteiger partial charge in [0.15, 0.2) is 0 Å². The molecule has 116 valence electrons. The summed E-state index contributed by atoms with van der Waals surface area (Å²) >= 11 is 0. The van der Waals surface area contributed by atoms with E-state index >= 15 is 0 Å². The van der Waals surface area contributed by atoms with Crippen LogP contribution in [0.25, 0.3) is 0 Å². The van der Waals surface area contributed by atoms with Crippen molar-refractivity contribution < 1.29 is 39.6 Å². The molecule has 0 rings (SSSR count). The van der Waals surface area contributed by atoms with Crippen LogP contribution in [0.1, 0.15) is 25.7 Å². The first kappa shape index (κ1) is 24.6. The Morgan fingerprint density at radius 1 is 0.714 bits per heavy atom. The largest absolute Gasteiger partial charge is 4.00 e. The van der Waals surface area contributed by atoms with Crippen molar-refractivity contribution in [2.24, 2.45) is 11.5 Å². The van der Waals surface area contributed by atoms with Crippen LogP contribution in [0.4, 0.5) is 0 Å². The Hall–Kier alpha value is -1.40. The molecule has 0 aromatic heterocycles. The van der Waals surface area contributed by atoms with Gasteiger partial charge < -0.3 is 51.1 Å². The van der Waals surface area contributed by atoms with Gasteiger partial charge in [-0.25, -0.2) is 0 Å². The van der Waals surface area contributed by atoms with E-state index in [1.165, 1.54) is 0 Å². The van der Waals surface area contributed by atoms with E-state index in [9.17, 15) is 39.6 Å². The van der Waals surface area contributed by atoms with Gasteiger partial charge in [-0.1, -0.05) is 0 Å². The predicted molar refractivity (Wildman–Crippen MR) is 60.2 cm³/mol. The maximum atomic E-state index is 9.86. The summed E-state index contributed by atoms with van der Waals surface area (Å²) in [6.07, 6.45) is -1.00. The average Bonchev–Trinajstić information content (AvgIpc) is 2.33. The second-order valence-corrected chi connectivity index (χ2v) is 3.67. The summed E-state index contributed by atoms with van der Waals surface area (Å²) in [6.45, 7) is 0. The molecule has 4 N–H and O–H groups in total. The van der Waals surface area contributed by atoms with Crippen LogP contribution in [0.15, 0.2) is 0 Å². The molecule has 0 bridgehead atoms. The van der Waals surface area contributed by atoms with Crippen molar-refractivity contribution in [1.82, 2.24) is 0 Å². The normalized spacial score (nSPS) is 11.9. The summed E-state index contributed by atoms with van der Waals surface area (Å²) < 4.78 is 0. The number of rotatable bonds is 8. The number of carboxylic acids is 4. The molecule has 0 heterocycles. The third-order valence-corrected chi connectivity index (χ3v) is 1.92. The van der Waals surface area contributed by atoms with Crippen molar-refractivity contribution in [2.75, 3.05) is 0 Å². The second-order valence-electron chi connectivity index (χ2n) is 3.67. The standard InChI is InChI=1S/2C5H9NO4.Sn/c2*6-3(5(9)10)1-2-4(7)8;/h2*3H,1-2,6H2,(H,7,8)(H,9,10);/q;;+4/p-4/t2*3-;/m00./s1. The Balaban J connectivity index is -0.000000295. The van der Waals surface area contributed by atoms with E-state index in [4.69, 9.17) is 11.5 Å². The van der Waals surface area contributed by atoms with Gasteiger partial charge in [0, 0.05) is 24.0 Å². The number of carbonyl (C=O) groups excluding carboxylic acids is 4. The van der Waals surface area contributed by atoms with E-state index in [0.717, 1.165) is 0 Å². The first-order valence-electron chi connectivity index (χ1n) is 5.40. The number of hydrogen-bond donors (Lipinski definition) is 2. The van der Waals surface area contributed by atoms with Crippen LogP contribution >= 0.6 is 0 Å². The summed E-state index contributed by atoms with van der Waals surface area (Å²) in [5.74, 6) is -5.50. The first-order valence-corrected chi connectivity index (χ1v) is 5.40. The zero-order chi connectivity index (χ0) is 16.3. The molecule has 0 amide bonds. The predicted octanol–water partition coefficient (Wildman–Crippen LogP) is -7.19. The number of hydrogen-bond acceptors (Lipinski definition) is 10. The van der Waals surface area contributed by atoms with Gasteiger partial charge >= 0.3 is 23.9 Å². The van der Waals surface area contributed by atoms with Crippen LogP contribution in [0.2, 0.25) is 0 Å². The van der Waals surface area contributed by atoms with Gasteiger partial charge in [0.25, 0.3) is 0 Å². The van der Waals surface area contributed by atoms with Crippen molar-refractivity contribution in [2.45, 2.75) is 37.8 Å². The van der Waals surface area contributed by atoms with Crippen LogP contribution in [0, 0.1) is 0 Å². The topological polar surface area (TPSA) is 213 Å². The van der Waals surface area contributed by atoms with Crippen molar-refractivity contribution in [3.8, 4) is 0 Å². The SMILES string of the molecule is N[C@@H](CCC(=O)[O-])C(=O)[O-].N[C@@H](CCC(=O)[O-])C(=O)[O-].[Sn+4]. The summed E-state index contributed by atoms with van der Waals surface area (Å²) in [5.41, 5.74) is 9.82. The molecule has 10 nitrogen and oxygen atoms in total. The molecule has 0 aliphatic carbocycles. The summed E-state index contributed by atoms with van der Waals surface area (Å²) in [4.78, 5) is 39.2. The van der Waals surface area contributed by atoms with Gasteiger partial charge in [0.2, 0.25) is 0 Å². The fourth-order valence-corrected chi connectivity index (χ4v) is 0.782. The third-order valence-electron chi connectivity index (χ3n) is 1.92. The van der Waals surface area contributed by atoms with E-state index in [1.54, 1.807) is 0 Å². The molecule has 0 unspecified atom stereocenters. The van der Waals surface area contributed by atoms with Gasteiger partial charge in [-0.15, -0.1) is 0 Å². The van der Waals surface area contributed by atoms with Gasteiger partial charge in [-0.05, 0) is 25.7 Å². The van der Waals surface area contributed by atoms with Crippen molar-refractivity contribution >= 4 is 47.8 Å². The molecule has 0 aromatic rings. The molecular formula is C10H14N2O8Sn. The fraction of sp³-hybridized carbons (Fsp3) is 0.600. The minimum Gasteiger partial charge on any atom is -0.550 e. The van der Waals surface area contributed by atoms with Gasteiger partial charge in [-0.2, -0.15) is 0 Å². The minimum absolute atomic E-state index is 0. The summed E-state index contributed by atoms with van der Waals surface area (Å²) in [6, 6.07) is -2.42. The third kappa shape index (κ3) is 18.6. The molecule has 2 atom stereocenters. The Morgan fingerprint density at radius 2 is 0.952 bits per heavy atom. The number of carbonyl (C=O) groups is 4. The maximum absolute atomic E-state index is 9.86. The molecule has 11 heteroatoms. The fourth-order valence-electron chi connectivity index (χ4n) is 0.782. The zero-order valence-corrected chi connectivity index (χ0v) is 13.8. The van der Waals surface area contributed by atoms with Crippen LogP contribution < -0.4 is 31.9 Å². The quantitative estimate of drug-likeness (QED) is 0.361. The summed E-state index contributed by atoms with van der Waals surface area (Å²) in [7, 11) is 0. The monoisotopic (exact) mass is 410 g/mol. The molecule has 0 spiro atoms. The number of carboxylic acid groups (broad SMARTS) is 4. The Bertz CT molecular complexity index is 329. The van der Waals surface area contributed by atoms with Crippen LogP contribution in [-0.2, 0) is 19.2 Å². The van der Waals surface area contributed by atoms with E-state index < -0.39 is 36.0 Å². The van der Waals surface area contributed by atoms with E-state index in [0.29, 0.717) is 0 Å². The van der Waals surface area contributed by atoms with Crippen LogP contribution in [0.3, 0.4) is 0 Å². The molecule has 0 aliphatic heterocycles. The maximum Gasteiger partial charge on any atom is 4.00 e.